The predicted molar refractivity (Wildman–Crippen MR) is 39.5 cm³/mol. The Labute approximate surface area is 62.2 Å². The highest BCUT2D eigenvalue weighted by atomic mass is 16.6. The molecule has 1 aliphatic heterocycles. The van der Waals surface area contributed by atoms with E-state index in [1.807, 2.05) is 6.92 Å². The zero-order valence-corrected chi connectivity index (χ0v) is 6.87. The van der Waals surface area contributed by atoms with Crippen molar-refractivity contribution in [2.45, 2.75) is 39.6 Å². The molecule has 10 heavy (non-hydrogen) atoms. The second-order valence-corrected chi connectivity index (χ2v) is 3.37. The molecule has 0 amide bonds. The molecule has 1 aliphatic rings. The van der Waals surface area contributed by atoms with Crippen molar-refractivity contribution < 1.29 is 9.84 Å². The number of ether oxygens (including phenoxy) is 1. The molecule has 2 nitrogen and oxygen atoms in total. The quantitative estimate of drug-likeness (QED) is 0.556. The summed E-state index contributed by atoms with van der Waals surface area (Å²) in [4.78, 5) is 0. The van der Waals surface area contributed by atoms with Crippen LogP contribution in [0.3, 0.4) is 0 Å². The van der Waals surface area contributed by atoms with E-state index in [0.29, 0.717) is 11.8 Å². The SMILES string of the molecule is CC1O[C@H](O)C[C@@H](C)[C@H]1C. The molecule has 1 rings (SSSR count). The van der Waals surface area contributed by atoms with Crippen LogP contribution < -0.4 is 0 Å². The summed E-state index contributed by atoms with van der Waals surface area (Å²) in [6, 6.07) is 0. The molecule has 0 aromatic carbocycles. The van der Waals surface area contributed by atoms with Crippen LogP contribution in [-0.2, 0) is 4.74 Å². The lowest BCUT2D eigenvalue weighted by Crippen LogP contribution is -2.36. The van der Waals surface area contributed by atoms with Crippen LogP contribution in [0.4, 0.5) is 0 Å². The van der Waals surface area contributed by atoms with Crippen molar-refractivity contribution in [3.05, 3.63) is 0 Å². The van der Waals surface area contributed by atoms with E-state index in [0.717, 1.165) is 6.42 Å². The average Bonchev–Trinajstić information content (AvgIpc) is 1.82. The van der Waals surface area contributed by atoms with Gasteiger partial charge in [-0.15, -0.1) is 0 Å². The highest BCUT2D eigenvalue weighted by molar-refractivity contribution is 4.74. The minimum absolute atomic E-state index is 0.207. The molecule has 1 heterocycles. The topological polar surface area (TPSA) is 29.5 Å². The largest absolute Gasteiger partial charge is 0.368 e. The summed E-state index contributed by atoms with van der Waals surface area (Å²) in [5.41, 5.74) is 0. The summed E-state index contributed by atoms with van der Waals surface area (Å²) in [6.07, 6.45) is 0.464. The molecular weight excluding hydrogens is 128 g/mol. The van der Waals surface area contributed by atoms with Gasteiger partial charge in [0.1, 0.15) is 0 Å². The van der Waals surface area contributed by atoms with Crippen LogP contribution in [0, 0.1) is 11.8 Å². The maximum Gasteiger partial charge on any atom is 0.155 e. The van der Waals surface area contributed by atoms with Crippen LogP contribution in [0.25, 0.3) is 0 Å². The molecule has 0 bridgehead atoms. The van der Waals surface area contributed by atoms with Crippen LogP contribution in [0.2, 0.25) is 0 Å². The van der Waals surface area contributed by atoms with E-state index in [-0.39, 0.29) is 6.10 Å². The van der Waals surface area contributed by atoms with Gasteiger partial charge < -0.3 is 9.84 Å². The van der Waals surface area contributed by atoms with Crippen LogP contribution in [-0.4, -0.2) is 17.5 Å². The van der Waals surface area contributed by atoms with Crippen molar-refractivity contribution in [2.24, 2.45) is 11.8 Å². The molecule has 4 atom stereocenters. The Bertz CT molecular complexity index is 102. The van der Waals surface area contributed by atoms with Crippen molar-refractivity contribution in [3.63, 3.8) is 0 Å². The van der Waals surface area contributed by atoms with Gasteiger partial charge in [0.2, 0.25) is 0 Å². The minimum Gasteiger partial charge on any atom is -0.368 e. The zero-order valence-electron chi connectivity index (χ0n) is 6.87. The predicted octanol–water partition coefficient (Wildman–Crippen LogP) is 1.39. The molecule has 0 spiro atoms. The summed E-state index contributed by atoms with van der Waals surface area (Å²) in [5, 5.41) is 9.15. The van der Waals surface area contributed by atoms with Crippen molar-refractivity contribution in [3.8, 4) is 0 Å². The van der Waals surface area contributed by atoms with E-state index >= 15 is 0 Å². The Kier molecular flexibility index (Phi) is 2.32. The van der Waals surface area contributed by atoms with Gasteiger partial charge in [-0.3, -0.25) is 0 Å². The smallest absolute Gasteiger partial charge is 0.155 e. The normalized spacial score (nSPS) is 49.2. The lowest BCUT2D eigenvalue weighted by Gasteiger charge is -2.34. The molecule has 60 valence electrons. The molecule has 1 saturated heterocycles. The highest BCUT2D eigenvalue weighted by Gasteiger charge is 2.29. The molecule has 1 unspecified atom stereocenters. The van der Waals surface area contributed by atoms with Gasteiger partial charge in [-0.1, -0.05) is 13.8 Å². The molecule has 1 fully saturated rings. The third-order valence-electron chi connectivity index (χ3n) is 2.58. The summed E-state index contributed by atoms with van der Waals surface area (Å²) in [5.74, 6) is 1.15. The summed E-state index contributed by atoms with van der Waals surface area (Å²) in [7, 11) is 0. The van der Waals surface area contributed by atoms with Gasteiger partial charge in [-0.2, -0.15) is 0 Å². The van der Waals surface area contributed by atoms with Crippen LogP contribution in [0.15, 0.2) is 0 Å². The fraction of sp³-hybridized carbons (Fsp3) is 1.00. The summed E-state index contributed by atoms with van der Waals surface area (Å²) in [6.45, 7) is 6.34. The van der Waals surface area contributed by atoms with E-state index in [1.165, 1.54) is 0 Å². The first-order chi connectivity index (χ1) is 4.61. The highest BCUT2D eigenvalue weighted by Crippen LogP contribution is 2.28. The molecule has 0 saturated carbocycles. The molecule has 0 aliphatic carbocycles. The summed E-state index contributed by atoms with van der Waals surface area (Å²) >= 11 is 0. The third kappa shape index (κ3) is 1.50. The van der Waals surface area contributed by atoms with Gasteiger partial charge in [0.05, 0.1) is 6.10 Å². The van der Waals surface area contributed by atoms with Crippen molar-refractivity contribution >= 4 is 0 Å². The Morgan fingerprint density at radius 2 is 1.90 bits per heavy atom. The first kappa shape index (κ1) is 8.02. The fourth-order valence-electron chi connectivity index (χ4n) is 1.42. The number of rotatable bonds is 0. The molecule has 1 N–H and O–H groups in total. The zero-order chi connectivity index (χ0) is 7.72. The van der Waals surface area contributed by atoms with E-state index in [9.17, 15) is 0 Å². The molecule has 0 aromatic heterocycles. The van der Waals surface area contributed by atoms with Gasteiger partial charge in [-0.05, 0) is 18.8 Å². The molecule has 2 heteroatoms. The number of aliphatic hydroxyl groups excluding tert-OH is 1. The van der Waals surface area contributed by atoms with Crippen LogP contribution in [0.1, 0.15) is 27.2 Å². The average molecular weight is 144 g/mol. The van der Waals surface area contributed by atoms with E-state index < -0.39 is 6.29 Å². The Balaban J connectivity index is 2.49. The van der Waals surface area contributed by atoms with Crippen molar-refractivity contribution in [1.82, 2.24) is 0 Å². The Morgan fingerprint density at radius 3 is 2.40 bits per heavy atom. The van der Waals surface area contributed by atoms with Crippen LogP contribution in [0.5, 0.6) is 0 Å². The fourth-order valence-corrected chi connectivity index (χ4v) is 1.42. The first-order valence-corrected chi connectivity index (χ1v) is 3.94. The van der Waals surface area contributed by atoms with Crippen molar-refractivity contribution in [1.29, 1.82) is 0 Å². The van der Waals surface area contributed by atoms with Crippen molar-refractivity contribution in [2.75, 3.05) is 0 Å². The monoisotopic (exact) mass is 144 g/mol. The molecule has 0 radical (unpaired) electrons. The second-order valence-electron chi connectivity index (χ2n) is 3.37. The van der Waals surface area contributed by atoms with E-state index in [4.69, 9.17) is 9.84 Å². The lowest BCUT2D eigenvalue weighted by atomic mass is 9.86. The standard InChI is InChI=1S/C8H16O2/c1-5-4-8(9)10-7(3)6(5)2/h5-9H,4H2,1-3H3/t5-,6-,7?,8+/m1/s1. The second kappa shape index (κ2) is 2.89. The van der Waals surface area contributed by atoms with Gasteiger partial charge in [0, 0.05) is 6.42 Å². The molecular formula is C8H16O2. The van der Waals surface area contributed by atoms with Gasteiger partial charge in [0.25, 0.3) is 0 Å². The third-order valence-corrected chi connectivity index (χ3v) is 2.58. The number of hydrogen-bond donors (Lipinski definition) is 1. The Morgan fingerprint density at radius 1 is 1.30 bits per heavy atom. The van der Waals surface area contributed by atoms with Gasteiger partial charge in [-0.25, -0.2) is 0 Å². The van der Waals surface area contributed by atoms with Gasteiger partial charge >= 0.3 is 0 Å². The van der Waals surface area contributed by atoms with E-state index in [2.05, 4.69) is 13.8 Å². The Hall–Kier alpha value is -0.0800. The summed E-state index contributed by atoms with van der Waals surface area (Å²) < 4.78 is 5.22. The maximum absolute atomic E-state index is 9.15. The first-order valence-electron chi connectivity index (χ1n) is 3.94. The van der Waals surface area contributed by atoms with Crippen LogP contribution >= 0.6 is 0 Å². The molecule has 0 aromatic rings. The number of aliphatic hydroxyl groups is 1. The van der Waals surface area contributed by atoms with Gasteiger partial charge in [0.15, 0.2) is 6.29 Å². The minimum atomic E-state index is -0.527. The number of hydrogen-bond acceptors (Lipinski definition) is 2. The lowest BCUT2D eigenvalue weighted by molar-refractivity contribution is -0.189. The van der Waals surface area contributed by atoms with E-state index in [1.54, 1.807) is 0 Å². The maximum atomic E-state index is 9.15.